The molecule has 0 fully saturated rings. The van der Waals surface area contributed by atoms with E-state index in [2.05, 4.69) is 43.7 Å². The summed E-state index contributed by atoms with van der Waals surface area (Å²) in [6.07, 6.45) is 1.94. The normalized spacial score (nSPS) is 10.6. The SMILES string of the molecule is Brc1ccsc1CNCc1ccc[nH]1. The lowest BCUT2D eigenvalue weighted by atomic mass is 10.4. The van der Waals surface area contributed by atoms with Crippen LogP contribution in [0.5, 0.6) is 0 Å². The Kier molecular flexibility index (Phi) is 3.39. The maximum Gasteiger partial charge on any atom is 0.0360 e. The molecule has 0 unspecified atom stereocenters. The van der Waals surface area contributed by atoms with Gasteiger partial charge in [-0.05, 0) is 39.5 Å². The topological polar surface area (TPSA) is 27.8 Å². The van der Waals surface area contributed by atoms with Crippen LogP contribution in [0.4, 0.5) is 0 Å². The molecule has 0 aliphatic heterocycles. The maximum absolute atomic E-state index is 3.51. The highest BCUT2D eigenvalue weighted by Gasteiger charge is 2.00. The molecule has 0 aromatic carbocycles. The molecular formula is C10H11BrN2S. The molecule has 0 atom stereocenters. The van der Waals surface area contributed by atoms with Crippen molar-refractivity contribution in [1.29, 1.82) is 0 Å². The number of thiophene rings is 1. The number of hydrogen-bond acceptors (Lipinski definition) is 2. The molecule has 74 valence electrons. The molecule has 0 amide bonds. The van der Waals surface area contributed by atoms with E-state index in [0.717, 1.165) is 13.1 Å². The second kappa shape index (κ2) is 4.77. The fourth-order valence-corrected chi connectivity index (χ4v) is 2.70. The zero-order chi connectivity index (χ0) is 9.80. The van der Waals surface area contributed by atoms with Gasteiger partial charge in [-0.25, -0.2) is 0 Å². The first kappa shape index (κ1) is 9.96. The lowest BCUT2D eigenvalue weighted by Crippen LogP contribution is -2.12. The number of aromatic amines is 1. The third-order valence-electron chi connectivity index (χ3n) is 1.95. The molecule has 0 saturated carbocycles. The van der Waals surface area contributed by atoms with Crippen LogP contribution in [0.2, 0.25) is 0 Å². The monoisotopic (exact) mass is 270 g/mol. The van der Waals surface area contributed by atoms with Crippen molar-refractivity contribution >= 4 is 27.3 Å². The molecule has 0 radical (unpaired) electrons. The second-order valence-corrected chi connectivity index (χ2v) is 4.85. The van der Waals surface area contributed by atoms with Crippen molar-refractivity contribution < 1.29 is 0 Å². The van der Waals surface area contributed by atoms with E-state index >= 15 is 0 Å². The number of H-pyrrole nitrogens is 1. The number of aromatic nitrogens is 1. The zero-order valence-corrected chi connectivity index (χ0v) is 9.99. The van der Waals surface area contributed by atoms with Crippen molar-refractivity contribution in [2.45, 2.75) is 13.1 Å². The molecular weight excluding hydrogens is 260 g/mol. The van der Waals surface area contributed by atoms with Crippen molar-refractivity contribution in [3.8, 4) is 0 Å². The Morgan fingerprint density at radius 3 is 2.93 bits per heavy atom. The minimum Gasteiger partial charge on any atom is -0.364 e. The van der Waals surface area contributed by atoms with Crippen LogP contribution in [0.15, 0.2) is 34.2 Å². The van der Waals surface area contributed by atoms with Crippen LogP contribution >= 0.6 is 27.3 Å². The average Bonchev–Trinajstić information content (AvgIpc) is 2.78. The molecule has 2 heterocycles. The number of nitrogens with one attached hydrogen (secondary N) is 2. The van der Waals surface area contributed by atoms with E-state index in [1.807, 2.05) is 12.3 Å². The van der Waals surface area contributed by atoms with Crippen molar-refractivity contribution in [2.75, 3.05) is 0 Å². The number of halogens is 1. The Hall–Kier alpha value is -0.580. The summed E-state index contributed by atoms with van der Waals surface area (Å²) in [5.74, 6) is 0. The van der Waals surface area contributed by atoms with Crippen molar-refractivity contribution in [1.82, 2.24) is 10.3 Å². The summed E-state index contributed by atoms with van der Waals surface area (Å²) in [6, 6.07) is 6.17. The Morgan fingerprint density at radius 1 is 1.36 bits per heavy atom. The van der Waals surface area contributed by atoms with E-state index in [9.17, 15) is 0 Å². The van der Waals surface area contributed by atoms with E-state index in [1.165, 1.54) is 15.0 Å². The standard InChI is InChI=1S/C10H11BrN2S/c11-9-3-5-14-10(9)7-12-6-8-2-1-4-13-8/h1-5,12-13H,6-7H2. The third kappa shape index (κ3) is 2.47. The fraction of sp³-hybridized carbons (Fsp3) is 0.200. The predicted octanol–water partition coefficient (Wildman–Crippen LogP) is 3.13. The number of rotatable bonds is 4. The Balaban J connectivity index is 1.81. The van der Waals surface area contributed by atoms with Gasteiger partial charge in [0.1, 0.15) is 0 Å². The van der Waals surface area contributed by atoms with Gasteiger partial charge in [0.2, 0.25) is 0 Å². The van der Waals surface area contributed by atoms with Gasteiger partial charge >= 0.3 is 0 Å². The molecule has 14 heavy (non-hydrogen) atoms. The highest BCUT2D eigenvalue weighted by atomic mass is 79.9. The van der Waals surface area contributed by atoms with Gasteiger partial charge in [-0.3, -0.25) is 0 Å². The molecule has 2 aromatic rings. The molecule has 2 aromatic heterocycles. The highest BCUT2D eigenvalue weighted by molar-refractivity contribution is 9.10. The molecule has 0 aliphatic carbocycles. The summed E-state index contributed by atoms with van der Waals surface area (Å²) < 4.78 is 1.20. The van der Waals surface area contributed by atoms with Gasteiger partial charge in [0.15, 0.2) is 0 Å². The summed E-state index contributed by atoms with van der Waals surface area (Å²) in [7, 11) is 0. The Bertz CT molecular complexity index is 380. The lowest BCUT2D eigenvalue weighted by Gasteiger charge is -2.01. The van der Waals surface area contributed by atoms with Crippen LogP contribution in [0.1, 0.15) is 10.6 Å². The Morgan fingerprint density at radius 2 is 2.29 bits per heavy atom. The molecule has 0 aliphatic rings. The molecule has 2 nitrogen and oxygen atoms in total. The average molecular weight is 271 g/mol. The molecule has 4 heteroatoms. The molecule has 0 spiro atoms. The van der Waals surface area contributed by atoms with Gasteiger partial charge in [0.25, 0.3) is 0 Å². The summed E-state index contributed by atoms with van der Waals surface area (Å²) in [4.78, 5) is 4.51. The van der Waals surface area contributed by atoms with Crippen LogP contribution in [0.25, 0.3) is 0 Å². The molecule has 2 N–H and O–H groups in total. The van der Waals surface area contributed by atoms with Gasteiger partial charge in [-0.15, -0.1) is 11.3 Å². The largest absolute Gasteiger partial charge is 0.364 e. The zero-order valence-electron chi connectivity index (χ0n) is 7.59. The minimum absolute atomic E-state index is 0.886. The summed E-state index contributed by atoms with van der Waals surface area (Å²) in [5.41, 5.74) is 1.22. The van der Waals surface area contributed by atoms with Crippen molar-refractivity contribution in [3.05, 3.63) is 44.8 Å². The van der Waals surface area contributed by atoms with Crippen LogP contribution in [0.3, 0.4) is 0 Å². The molecule has 0 saturated heterocycles. The predicted molar refractivity (Wildman–Crippen MR) is 63.4 cm³/mol. The summed E-state index contributed by atoms with van der Waals surface area (Å²) >= 11 is 5.27. The van der Waals surface area contributed by atoms with E-state index in [-0.39, 0.29) is 0 Å². The molecule has 0 bridgehead atoms. The first-order chi connectivity index (χ1) is 6.86. The van der Waals surface area contributed by atoms with Crippen molar-refractivity contribution in [2.24, 2.45) is 0 Å². The van der Waals surface area contributed by atoms with Crippen LogP contribution in [-0.2, 0) is 13.1 Å². The minimum atomic E-state index is 0.886. The number of hydrogen-bond donors (Lipinski definition) is 2. The van der Waals surface area contributed by atoms with Crippen LogP contribution in [0, 0.1) is 0 Å². The van der Waals surface area contributed by atoms with E-state index in [0.29, 0.717) is 0 Å². The van der Waals surface area contributed by atoms with Gasteiger partial charge in [-0.2, -0.15) is 0 Å². The first-order valence-corrected chi connectivity index (χ1v) is 6.08. The van der Waals surface area contributed by atoms with Crippen LogP contribution in [-0.4, -0.2) is 4.98 Å². The third-order valence-corrected chi connectivity index (χ3v) is 3.88. The fourth-order valence-electron chi connectivity index (χ4n) is 1.24. The van der Waals surface area contributed by atoms with E-state index < -0.39 is 0 Å². The van der Waals surface area contributed by atoms with Crippen LogP contribution < -0.4 is 5.32 Å². The van der Waals surface area contributed by atoms with Crippen molar-refractivity contribution in [3.63, 3.8) is 0 Å². The van der Waals surface area contributed by atoms with Gasteiger partial charge in [-0.1, -0.05) is 0 Å². The summed E-state index contributed by atoms with van der Waals surface area (Å²) in [5, 5.41) is 5.47. The quantitative estimate of drug-likeness (QED) is 0.878. The molecule has 2 rings (SSSR count). The van der Waals surface area contributed by atoms with E-state index in [4.69, 9.17) is 0 Å². The van der Waals surface area contributed by atoms with E-state index in [1.54, 1.807) is 11.3 Å². The summed E-state index contributed by atoms with van der Waals surface area (Å²) in [6.45, 7) is 1.80. The lowest BCUT2D eigenvalue weighted by molar-refractivity contribution is 0.688. The maximum atomic E-state index is 3.51. The van der Waals surface area contributed by atoms with Gasteiger partial charge < -0.3 is 10.3 Å². The van der Waals surface area contributed by atoms with Gasteiger partial charge in [0.05, 0.1) is 0 Å². The Labute approximate surface area is 95.5 Å². The first-order valence-electron chi connectivity index (χ1n) is 4.41. The highest BCUT2D eigenvalue weighted by Crippen LogP contribution is 2.22. The smallest absolute Gasteiger partial charge is 0.0360 e. The van der Waals surface area contributed by atoms with Gasteiger partial charge in [0, 0.05) is 34.3 Å². The second-order valence-electron chi connectivity index (χ2n) is 2.99.